The summed E-state index contributed by atoms with van der Waals surface area (Å²) < 4.78 is 26.1. The molecule has 3 N–H and O–H groups in total. The SMILES string of the molecule is Cc1cc(S(=O)(=O)N2CCC(N)(C(=O)O)C2)c(C)s1. The van der Waals surface area contributed by atoms with Crippen LogP contribution in [0, 0.1) is 13.8 Å². The van der Waals surface area contributed by atoms with E-state index >= 15 is 0 Å². The second-order valence-corrected chi connectivity index (χ2v) is 8.19. The molecule has 2 rings (SSSR count). The first-order valence-corrected chi connectivity index (χ1v) is 8.02. The van der Waals surface area contributed by atoms with Crippen LogP contribution in [0.4, 0.5) is 0 Å². The van der Waals surface area contributed by atoms with Crippen LogP contribution in [-0.4, -0.2) is 42.4 Å². The van der Waals surface area contributed by atoms with Gasteiger partial charge in [0.15, 0.2) is 0 Å². The van der Waals surface area contributed by atoms with Gasteiger partial charge in [0.2, 0.25) is 10.0 Å². The minimum atomic E-state index is -3.65. The summed E-state index contributed by atoms with van der Waals surface area (Å²) in [5.74, 6) is -1.16. The lowest BCUT2D eigenvalue weighted by atomic mass is 10.0. The molecule has 0 aliphatic carbocycles. The zero-order chi connectivity index (χ0) is 14.4. The highest BCUT2D eigenvalue weighted by molar-refractivity contribution is 7.89. The largest absolute Gasteiger partial charge is 0.480 e. The molecule has 19 heavy (non-hydrogen) atoms. The number of aliphatic carboxylic acids is 1. The molecule has 2 heterocycles. The van der Waals surface area contributed by atoms with E-state index in [1.54, 1.807) is 13.0 Å². The number of carboxylic acids is 1. The lowest BCUT2D eigenvalue weighted by Gasteiger charge is -2.19. The summed E-state index contributed by atoms with van der Waals surface area (Å²) in [5, 5.41) is 9.04. The van der Waals surface area contributed by atoms with Gasteiger partial charge in [-0.3, -0.25) is 4.79 Å². The fraction of sp³-hybridized carbons (Fsp3) is 0.545. The molecule has 1 aromatic heterocycles. The van der Waals surface area contributed by atoms with E-state index < -0.39 is 21.5 Å². The van der Waals surface area contributed by atoms with E-state index in [-0.39, 0.29) is 24.4 Å². The first-order chi connectivity index (χ1) is 8.67. The molecule has 1 saturated heterocycles. The molecule has 106 valence electrons. The number of nitrogens with zero attached hydrogens (tertiary/aromatic N) is 1. The fourth-order valence-electron chi connectivity index (χ4n) is 2.18. The first-order valence-electron chi connectivity index (χ1n) is 5.76. The Hall–Kier alpha value is -0.960. The van der Waals surface area contributed by atoms with Gasteiger partial charge in [0, 0.05) is 22.8 Å². The molecule has 1 aliphatic heterocycles. The Labute approximate surface area is 115 Å². The predicted molar refractivity (Wildman–Crippen MR) is 71.7 cm³/mol. The van der Waals surface area contributed by atoms with Crippen LogP contribution in [0.3, 0.4) is 0 Å². The van der Waals surface area contributed by atoms with Gasteiger partial charge in [-0.1, -0.05) is 0 Å². The topological polar surface area (TPSA) is 101 Å². The molecule has 0 amide bonds. The maximum Gasteiger partial charge on any atom is 0.325 e. The smallest absolute Gasteiger partial charge is 0.325 e. The monoisotopic (exact) mass is 304 g/mol. The van der Waals surface area contributed by atoms with Crippen molar-refractivity contribution in [2.24, 2.45) is 5.73 Å². The van der Waals surface area contributed by atoms with E-state index in [1.165, 1.54) is 11.3 Å². The van der Waals surface area contributed by atoms with Crippen molar-refractivity contribution in [2.45, 2.75) is 30.7 Å². The number of hydrogen-bond acceptors (Lipinski definition) is 5. The van der Waals surface area contributed by atoms with Crippen LogP contribution in [0.2, 0.25) is 0 Å². The molecule has 6 nitrogen and oxygen atoms in total. The molecule has 8 heteroatoms. The molecule has 0 saturated carbocycles. The first kappa shape index (κ1) is 14.4. The van der Waals surface area contributed by atoms with Crippen LogP contribution >= 0.6 is 11.3 Å². The van der Waals surface area contributed by atoms with Crippen molar-refractivity contribution in [3.05, 3.63) is 15.8 Å². The van der Waals surface area contributed by atoms with Gasteiger partial charge in [-0.25, -0.2) is 8.42 Å². The third-order valence-electron chi connectivity index (χ3n) is 3.31. The highest BCUT2D eigenvalue weighted by Gasteiger charge is 2.46. The Morgan fingerprint density at radius 2 is 2.16 bits per heavy atom. The van der Waals surface area contributed by atoms with Crippen LogP contribution in [0.25, 0.3) is 0 Å². The van der Waals surface area contributed by atoms with Crippen LogP contribution < -0.4 is 5.73 Å². The molecule has 0 radical (unpaired) electrons. The summed E-state index contributed by atoms with van der Waals surface area (Å²) in [5.41, 5.74) is 4.23. The van der Waals surface area contributed by atoms with Crippen LogP contribution in [-0.2, 0) is 14.8 Å². The predicted octanol–water partition coefficient (Wildman–Crippen LogP) is 0.541. The summed E-state index contributed by atoms with van der Waals surface area (Å²) in [4.78, 5) is 12.9. The minimum absolute atomic E-state index is 0.129. The number of rotatable bonds is 3. The van der Waals surface area contributed by atoms with Gasteiger partial charge >= 0.3 is 5.97 Å². The second-order valence-electron chi connectivity index (χ2n) is 4.83. The molecule has 1 atom stereocenters. The number of nitrogens with two attached hydrogens (primary N) is 1. The van der Waals surface area contributed by atoms with Gasteiger partial charge in [0.25, 0.3) is 0 Å². The Kier molecular flexibility index (Phi) is 3.46. The zero-order valence-electron chi connectivity index (χ0n) is 10.7. The normalized spacial score (nSPS) is 24.8. The number of hydrogen-bond donors (Lipinski definition) is 2. The van der Waals surface area contributed by atoms with Crippen molar-refractivity contribution < 1.29 is 18.3 Å². The third kappa shape index (κ3) is 2.40. The van der Waals surface area contributed by atoms with Crippen molar-refractivity contribution in [1.82, 2.24) is 4.31 Å². The van der Waals surface area contributed by atoms with Gasteiger partial charge in [-0.15, -0.1) is 11.3 Å². The van der Waals surface area contributed by atoms with E-state index in [0.717, 1.165) is 9.18 Å². The quantitative estimate of drug-likeness (QED) is 0.849. The molecule has 1 fully saturated rings. The van der Waals surface area contributed by atoms with Crippen molar-refractivity contribution in [3.63, 3.8) is 0 Å². The van der Waals surface area contributed by atoms with Crippen LogP contribution in [0.1, 0.15) is 16.2 Å². The van der Waals surface area contributed by atoms with E-state index in [1.807, 2.05) is 6.92 Å². The van der Waals surface area contributed by atoms with Gasteiger partial charge in [0.05, 0.1) is 4.90 Å². The molecule has 1 aliphatic rings. The number of thiophene rings is 1. The van der Waals surface area contributed by atoms with E-state index in [0.29, 0.717) is 4.88 Å². The standard InChI is InChI=1S/C11H16N2O4S2/c1-7-5-9(8(2)18-7)19(16,17)13-4-3-11(12,6-13)10(14)15/h5H,3-4,6,12H2,1-2H3,(H,14,15). The summed E-state index contributed by atoms with van der Waals surface area (Å²) in [7, 11) is -3.65. The Bertz CT molecular complexity index is 623. The average Bonchev–Trinajstić information content (AvgIpc) is 2.84. The van der Waals surface area contributed by atoms with Crippen molar-refractivity contribution in [1.29, 1.82) is 0 Å². The Morgan fingerprint density at radius 3 is 2.58 bits per heavy atom. The third-order valence-corrected chi connectivity index (χ3v) is 6.37. The lowest BCUT2D eigenvalue weighted by Crippen LogP contribution is -2.50. The number of aryl methyl sites for hydroxylation is 2. The number of sulfonamides is 1. The van der Waals surface area contributed by atoms with Crippen molar-refractivity contribution in [2.75, 3.05) is 13.1 Å². The van der Waals surface area contributed by atoms with Crippen molar-refractivity contribution >= 4 is 27.3 Å². The Balaban J connectivity index is 2.33. The van der Waals surface area contributed by atoms with Crippen molar-refractivity contribution in [3.8, 4) is 0 Å². The summed E-state index contributed by atoms with van der Waals surface area (Å²) in [6.45, 7) is 3.54. The molecule has 0 bridgehead atoms. The minimum Gasteiger partial charge on any atom is -0.480 e. The maximum atomic E-state index is 12.5. The summed E-state index contributed by atoms with van der Waals surface area (Å²) in [6, 6.07) is 1.62. The Morgan fingerprint density at radius 1 is 1.53 bits per heavy atom. The van der Waals surface area contributed by atoms with Crippen LogP contribution in [0.5, 0.6) is 0 Å². The van der Waals surface area contributed by atoms with E-state index in [9.17, 15) is 13.2 Å². The molecular formula is C11H16N2O4S2. The summed E-state index contributed by atoms with van der Waals surface area (Å²) in [6.07, 6.45) is 0.129. The summed E-state index contributed by atoms with van der Waals surface area (Å²) >= 11 is 1.41. The van der Waals surface area contributed by atoms with Crippen LogP contribution in [0.15, 0.2) is 11.0 Å². The highest BCUT2D eigenvalue weighted by atomic mass is 32.2. The maximum absolute atomic E-state index is 12.5. The van der Waals surface area contributed by atoms with Gasteiger partial charge in [-0.05, 0) is 26.3 Å². The van der Waals surface area contributed by atoms with Gasteiger partial charge in [0.1, 0.15) is 5.54 Å². The second kappa shape index (κ2) is 4.55. The molecular weight excluding hydrogens is 288 g/mol. The fourth-order valence-corrected chi connectivity index (χ4v) is 5.21. The molecule has 0 spiro atoms. The highest BCUT2D eigenvalue weighted by Crippen LogP contribution is 2.31. The average molecular weight is 304 g/mol. The molecule has 0 aromatic carbocycles. The molecule has 1 unspecified atom stereocenters. The lowest BCUT2D eigenvalue weighted by molar-refractivity contribution is -0.142. The molecule has 1 aromatic rings. The number of carboxylic acid groups (broad SMARTS) is 1. The van der Waals surface area contributed by atoms with Gasteiger partial charge in [-0.2, -0.15) is 4.31 Å². The van der Waals surface area contributed by atoms with E-state index in [4.69, 9.17) is 10.8 Å². The van der Waals surface area contributed by atoms with E-state index in [2.05, 4.69) is 0 Å². The number of carbonyl (C=O) groups is 1. The van der Waals surface area contributed by atoms with Gasteiger partial charge < -0.3 is 10.8 Å². The zero-order valence-corrected chi connectivity index (χ0v) is 12.3.